The fourth-order valence-corrected chi connectivity index (χ4v) is 1.96. The molecule has 0 aliphatic heterocycles. The minimum Gasteiger partial charge on any atom is -0.456 e. The standard InChI is InChI=1S/C14H8F2O/c15-14(16)8-9-5-6-13-11(7-9)10-3-1-2-4-12(10)17-13/h1-8H. The lowest BCUT2D eigenvalue weighted by Crippen LogP contribution is -1.72. The van der Waals surface area contributed by atoms with Crippen LogP contribution in [0.15, 0.2) is 53.0 Å². The third-order valence-corrected chi connectivity index (χ3v) is 2.68. The van der Waals surface area contributed by atoms with Crippen LogP contribution in [-0.2, 0) is 0 Å². The van der Waals surface area contributed by atoms with E-state index in [0.717, 1.165) is 22.4 Å². The van der Waals surface area contributed by atoms with E-state index in [1.807, 2.05) is 24.3 Å². The lowest BCUT2D eigenvalue weighted by Gasteiger charge is -1.93. The van der Waals surface area contributed by atoms with Gasteiger partial charge in [0.2, 0.25) is 0 Å². The van der Waals surface area contributed by atoms with Crippen molar-refractivity contribution in [3.63, 3.8) is 0 Å². The zero-order valence-corrected chi connectivity index (χ0v) is 8.78. The minimum atomic E-state index is -1.70. The molecule has 0 atom stereocenters. The summed E-state index contributed by atoms with van der Waals surface area (Å²) in [4.78, 5) is 0. The van der Waals surface area contributed by atoms with Crippen molar-refractivity contribution in [2.45, 2.75) is 0 Å². The van der Waals surface area contributed by atoms with Gasteiger partial charge in [-0.2, -0.15) is 8.78 Å². The quantitative estimate of drug-likeness (QED) is 0.584. The van der Waals surface area contributed by atoms with Crippen molar-refractivity contribution in [2.75, 3.05) is 0 Å². The third-order valence-electron chi connectivity index (χ3n) is 2.68. The number of fused-ring (bicyclic) bond motifs is 3. The van der Waals surface area contributed by atoms with Gasteiger partial charge in [0.05, 0.1) is 0 Å². The second kappa shape index (κ2) is 3.70. The number of rotatable bonds is 1. The maximum atomic E-state index is 12.2. The highest BCUT2D eigenvalue weighted by Gasteiger charge is 2.06. The van der Waals surface area contributed by atoms with E-state index in [1.165, 1.54) is 0 Å². The first-order valence-electron chi connectivity index (χ1n) is 5.18. The summed E-state index contributed by atoms with van der Waals surface area (Å²) in [6, 6.07) is 12.6. The van der Waals surface area contributed by atoms with Crippen LogP contribution >= 0.6 is 0 Å². The number of hydrogen-bond donors (Lipinski definition) is 0. The highest BCUT2D eigenvalue weighted by atomic mass is 19.3. The van der Waals surface area contributed by atoms with Gasteiger partial charge in [0, 0.05) is 16.8 Å². The SMILES string of the molecule is FC(F)=Cc1ccc2oc3ccccc3c2c1. The Balaban J connectivity index is 2.33. The molecule has 84 valence electrons. The van der Waals surface area contributed by atoms with Crippen molar-refractivity contribution in [1.29, 1.82) is 0 Å². The molecular weight excluding hydrogens is 222 g/mol. The molecule has 0 saturated heterocycles. The first-order valence-corrected chi connectivity index (χ1v) is 5.18. The van der Waals surface area contributed by atoms with Gasteiger partial charge < -0.3 is 4.42 Å². The molecule has 0 spiro atoms. The number of halogens is 2. The van der Waals surface area contributed by atoms with E-state index in [-0.39, 0.29) is 0 Å². The molecule has 0 bridgehead atoms. The summed E-state index contributed by atoms with van der Waals surface area (Å²) < 4.78 is 30.0. The Hall–Kier alpha value is -2.16. The third kappa shape index (κ3) is 1.69. The Labute approximate surface area is 96.0 Å². The van der Waals surface area contributed by atoms with Crippen LogP contribution in [0.1, 0.15) is 5.56 Å². The molecule has 3 aromatic rings. The van der Waals surface area contributed by atoms with E-state index in [4.69, 9.17) is 4.42 Å². The lowest BCUT2D eigenvalue weighted by molar-refractivity contribution is 0.429. The van der Waals surface area contributed by atoms with Gasteiger partial charge in [-0.05, 0) is 23.8 Å². The predicted octanol–water partition coefficient (Wildman–Crippen LogP) is 4.82. The lowest BCUT2D eigenvalue weighted by atomic mass is 10.1. The summed E-state index contributed by atoms with van der Waals surface area (Å²) in [6.07, 6.45) is -0.849. The molecule has 0 aliphatic carbocycles. The van der Waals surface area contributed by atoms with Crippen LogP contribution in [0.3, 0.4) is 0 Å². The van der Waals surface area contributed by atoms with E-state index in [2.05, 4.69) is 0 Å². The van der Waals surface area contributed by atoms with E-state index in [0.29, 0.717) is 11.1 Å². The van der Waals surface area contributed by atoms with Crippen LogP contribution in [0.25, 0.3) is 28.0 Å². The van der Waals surface area contributed by atoms with Crippen molar-refractivity contribution >= 4 is 28.0 Å². The largest absolute Gasteiger partial charge is 0.456 e. The highest BCUT2D eigenvalue weighted by Crippen LogP contribution is 2.29. The molecular formula is C14H8F2O. The van der Waals surface area contributed by atoms with E-state index in [9.17, 15) is 8.78 Å². The van der Waals surface area contributed by atoms with Crippen molar-refractivity contribution in [2.24, 2.45) is 0 Å². The average Bonchev–Trinajstić information content (AvgIpc) is 2.66. The number of benzene rings is 2. The van der Waals surface area contributed by atoms with Gasteiger partial charge in [-0.3, -0.25) is 0 Å². The van der Waals surface area contributed by atoms with Gasteiger partial charge >= 0.3 is 0 Å². The smallest absolute Gasteiger partial charge is 0.270 e. The number of para-hydroxylation sites is 1. The molecule has 1 nitrogen and oxygen atoms in total. The number of hydrogen-bond acceptors (Lipinski definition) is 1. The molecule has 0 fully saturated rings. The first kappa shape index (κ1) is 10.0. The number of furan rings is 1. The molecule has 3 rings (SSSR count). The molecule has 0 unspecified atom stereocenters. The molecule has 0 aliphatic rings. The normalized spacial score (nSPS) is 10.9. The maximum absolute atomic E-state index is 12.2. The molecule has 3 heteroatoms. The van der Waals surface area contributed by atoms with Crippen molar-refractivity contribution in [3.05, 3.63) is 54.1 Å². The van der Waals surface area contributed by atoms with Gasteiger partial charge in [-0.1, -0.05) is 24.3 Å². The van der Waals surface area contributed by atoms with Crippen LogP contribution < -0.4 is 0 Å². The van der Waals surface area contributed by atoms with Gasteiger partial charge in [-0.15, -0.1) is 0 Å². The monoisotopic (exact) mass is 230 g/mol. The summed E-state index contributed by atoms with van der Waals surface area (Å²) in [5.74, 6) is 0. The summed E-state index contributed by atoms with van der Waals surface area (Å²) in [5, 5.41) is 1.80. The van der Waals surface area contributed by atoms with Crippen LogP contribution in [0.5, 0.6) is 0 Å². The summed E-state index contributed by atoms with van der Waals surface area (Å²) in [6.45, 7) is 0. The van der Waals surface area contributed by atoms with Crippen molar-refractivity contribution in [3.8, 4) is 0 Å². The summed E-state index contributed by atoms with van der Waals surface area (Å²) in [7, 11) is 0. The Morgan fingerprint density at radius 2 is 1.71 bits per heavy atom. The molecule has 2 aromatic carbocycles. The van der Waals surface area contributed by atoms with E-state index < -0.39 is 6.08 Å². The molecule has 0 radical (unpaired) electrons. The highest BCUT2D eigenvalue weighted by molar-refractivity contribution is 6.05. The van der Waals surface area contributed by atoms with Crippen LogP contribution in [-0.4, -0.2) is 0 Å². The topological polar surface area (TPSA) is 13.1 Å². The fraction of sp³-hybridized carbons (Fsp3) is 0. The fourth-order valence-electron chi connectivity index (χ4n) is 1.96. The average molecular weight is 230 g/mol. The van der Waals surface area contributed by atoms with Crippen LogP contribution in [0.4, 0.5) is 8.78 Å². The molecule has 17 heavy (non-hydrogen) atoms. The summed E-state index contributed by atoms with van der Waals surface area (Å²) in [5.41, 5.74) is 1.95. The molecule has 0 N–H and O–H groups in total. The van der Waals surface area contributed by atoms with Gasteiger partial charge in [0.15, 0.2) is 0 Å². The van der Waals surface area contributed by atoms with Crippen LogP contribution in [0, 0.1) is 0 Å². The maximum Gasteiger partial charge on any atom is 0.270 e. The van der Waals surface area contributed by atoms with Crippen molar-refractivity contribution in [1.82, 2.24) is 0 Å². The van der Waals surface area contributed by atoms with Crippen LogP contribution in [0.2, 0.25) is 0 Å². The minimum absolute atomic E-state index is 0.476. The zero-order chi connectivity index (χ0) is 11.8. The van der Waals surface area contributed by atoms with Gasteiger partial charge in [0.25, 0.3) is 6.08 Å². The first-order chi connectivity index (χ1) is 8.24. The molecule has 0 amide bonds. The Bertz CT molecular complexity index is 721. The summed E-state index contributed by atoms with van der Waals surface area (Å²) >= 11 is 0. The van der Waals surface area contributed by atoms with E-state index >= 15 is 0 Å². The Kier molecular flexibility index (Phi) is 2.18. The Morgan fingerprint density at radius 3 is 2.53 bits per heavy atom. The molecule has 0 saturated carbocycles. The van der Waals surface area contributed by atoms with Crippen molar-refractivity contribution < 1.29 is 13.2 Å². The van der Waals surface area contributed by atoms with E-state index in [1.54, 1.807) is 18.2 Å². The molecule has 1 heterocycles. The van der Waals surface area contributed by atoms with Gasteiger partial charge in [0.1, 0.15) is 11.2 Å². The second-order valence-corrected chi connectivity index (χ2v) is 3.79. The Morgan fingerprint density at radius 1 is 0.941 bits per heavy atom. The van der Waals surface area contributed by atoms with Gasteiger partial charge in [-0.25, -0.2) is 0 Å². The zero-order valence-electron chi connectivity index (χ0n) is 8.78. The molecule has 1 aromatic heterocycles. The predicted molar refractivity (Wildman–Crippen MR) is 63.9 cm³/mol. The second-order valence-electron chi connectivity index (χ2n) is 3.79.